The molecule has 0 amide bonds. The second-order valence-corrected chi connectivity index (χ2v) is 7.12. The van der Waals surface area contributed by atoms with Crippen LogP contribution in [0.5, 0.6) is 0 Å². The van der Waals surface area contributed by atoms with Crippen molar-refractivity contribution in [2.45, 2.75) is 35.9 Å². The molecule has 1 aliphatic heterocycles. The molecule has 8 heteroatoms. The summed E-state index contributed by atoms with van der Waals surface area (Å²) in [5.41, 5.74) is 5.96. The summed E-state index contributed by atoms with van der Waals surface area (Å²) in [5.74, 6) is -1.83. The van der Waals surface area contributed by atoms with E-state index in [4.69, 9.17) is 10.5 Å². The van der Waals surface area contributed by atoms with Crippen LogP contribution in [-0.4, -0.2) is 33.2 Å². The zero-order chi connectivity index (χ0) is 15.2. The van der Waals surface area contributed by atoms with E-state index in [0.717, 1.165) is 25.0 Å². The van der Waals surface area contributed by atoms with Crippen LogP contribution >= 0.6 is 0 Å². The monoisotopic (exact) mass is 318 g/mol. The maximum absolute atomic E-state index is 13.6. The van der Waals surface area contributed by atoms with E-state index in [1.807, 2.05) is 0 Å². The molecule has 1 heterocycles. The topological polar surface area (TPSA) is 81.4 Å². The molecule has 21 heavy (non-hydrogen) atoms. The zero-order valence-electron chi connectivity index (χ0n) is 11.1. The Morgan fingerprint density at radius 1 is 1.33 bits per heavy atom. The Labute approximate surface area is 121 Å². The summed E-state index contributed by atoms with van der Waals surface area (Å²) in [6, 6.07) is 1.41. The van der Waals surface area contributed by atoms with Gasteiger partial charge in [-0.3, -0.25) is 0 Å². The van der Waals surface area contributed by atoms with E-state index >= 15 is 0 Å². The number of sulfonamides is 1. The highest BCUT2D eigenvalue weighted by molar-refractivity contribution is 7.89. The summed E-state index contributed by atoms with van der Waals surface area (Å²) < 4.78 is 58.8. The Kier molecular flexibility index (Phi) is 3.73. The van der Waals surface area contributed by atoms with Crippen LogP contribution in [0, 0.1) is 17.6 Å². The lowest BCUT2D eigenvalue weighted by Crippen LogP contribution is -2.71. The number of nitrogens with one attached hydrogen (secondary N) is 1. The van der Waals surface area contributed by atoms with Gasteiger partial charge in [0.15, 0.2) is 0 Å². The van der Waals surface area contributed by atoms with Crippen molar-refractivity contribution in [2.24, 2.45) is 11.7 Å². The predicted octanol–water partition coefficient (Wildman–Crippen LogP) is 0.748. The molecule has 1 saturated heterocycles. The first-order valence-electron chi connectivity index (χ1n) is 6.75. The van der Waals surface area contributed by atoms with Crippen molar-refractivity contribution >= 4 is 10.0 Å². The van der Waals surface area contributed by atoms with E-state index in [9.17, 15) is 17.2 Å². The first-order valence-corrected chi connectivity index (χ1v) is 8.23. The van der Waals surface area contributed by atoms with Gasteiger partial charge in [-0.05, 0) is 25.0 Å². The zero-order valence-corrected chi connectivity index (χ0v) is 11.9. The minimum Gasteiger partial charge on any atom is -0.376 e. The van der Waals surface area contributed by atoms with E-state index in [1.54, 1.807) is 0 Å². The van der Waals surface area contributed by atoms with Crippen LogP contribution in [0.25, 0.3) is 0 Å². The summed E-state index contributed by atoms with van der Waals surface area (Å²) >= 11 is 0. The highest BCUT2D eigenvalue weighted by atomic mass is 32.2. The quantitative estimate of drug-likeness (QED) is 0.862. The molecule has 0 aromatic heterocycles. The van der Waals surface area contributed by atoms with Gasteiger partial charge in [0, 0.05) is 24.6 Å². The molecule has 3 N–H and O–H groups in total. The fourth-order valence-electron chi connectivity index (χ4n) is 3.03. The number of hydrogen-bond donors (Lipinski definition) is 2. The average Bonchev–Trinajstić information content (AvgIpc) is 2.44. The van der Waals surface area contributed by atoms with Gasteiger partial charge in [-0.1, -0.05) is 0 Å². The molecule has 4 unspecified atom stereocenters. The number of benzene rings is 1. The summed E-state index contributed by atoms with van der Waals surface area (Å²) in [5, 5.41) is 0. The molecule has 1 aliphatic carbocycles. The van der Waals surface area contributed by atoms with Crippen molar-refractivity contribution in [2.75, 3.05) is 6.61 Å². The van der Waals surface area contributed by atoms with E-state index in [0.29, 0.717) is 12.7 Å². The van der Waals surface area contributed by atoms with E-state index < -0.39 is 32.6 Å². The van der Waals surface area contributed by atoms with Gasteiger partial charge in [0.1, 0.15) is 16.5 Å². The molecule has 2 aliphatic rings. The molecule has 1 aromatic rings. The molecule has 3 rings (SSSR count). The first kappa shape index (κ1) is 14.8. The third-order valence-corrected chi connectivity index (χ3v) is 5.64. The highest BCUT2D eigenvalue weighted by Crippen LogP contribution is 2.37. The maximum atomic E-state index is 13.6. The molecule has 0 radical (unpaired) electrons. The van der Waals surface area contributed by atoms with Gasteiger partial charge in [-0.2, -0.15) is 0 Å². The maximum Gasteiger partial charge on any atom is 0.243 e. The average molecular weight is 318 g/mol. The number of hydrogen-bond acceptors (Lipinski definition) is 4. The van der Waals surface area contributed by atoms with Crippen molar-refractivity contribution < 1.29 is 21.9 Å². The van der Waals surface area contributed by atoms with Gasteiger partial charge < -0.3 is 10.5 Å². The number of halogens is 2. The molecule has 116 valence electrons. The van der Waals surface area contributed by atoms with Gasteiger partial charge in [-0.15, -0.1) is 0 Å². The standard InChI is InChI=1S/C13H16F2N2O3S/c14-7-3-4-10(9(15)6-7)21(18,19)17-12-11(16)8-2-1-5-20-13(8)12/h3-4,6,8,11-13,17H,1-2,5,16H2. The summed E-state index contributed by atoms with van der Waals surface area (Å²) in [6.07, 6.45) is 1.53. The van der Waals surface area contributed by atoms with Crippen LogP contribution in [0.2, 0.25) is 0 Å². The molecule has 5 nitrogen and oxygen atoms in total. The van der Waals surface area contributed by atoms with Gasteiger partial charge in [-0.25, -0.2) is 21.9 Å². The lowest BCUT2D eigenvalue weighted by atomic mass is 9.69. The van der Waals surface area contributed by atoms with Crippen molar-refractivity contribution in [1.29, 1.82) is 0 Å². The van der Waals surface area contributed by atoms with Crippen LogP contribution in [0.4, 0.5) is 8.78 Å². The van der Waals surface area contributed by atoms with Gasteiger partial charge in [0.25, 0.3) is 0 Å². The minimum absolute atomic E-state index is 0.129. The summed E-state index contributed by atoms with van der Waals surface area (Å²) in [7, 11) is -4.10. The molecule has 1 saturated carbocycles. The van der Waals surface area contributed by atoms with Crippen LogP contribution in [0.15, 0.2) is 23.1 Å². The predicted molar refractivity (Wildman–Crippen MR) is 70.9 cm³/mol. The SMILES string of the molecule is NC1C2CCCOC2C1NS(=O)(=O)c1ccc(F)cc1F. The van der Waals surface area contributed by atoms with Gasteiger partial charge >= 0.3 is 0 Å². The molecular formula is C13H16F2N2O3S. The largest absolute Gasteiger partial charge is 0.376 e. The highest BCUT2D eigenvalue weighted by Gasteiger charge is 2.52. The van der Waals surface area contributed by atoms with Gasteiger partial charge in [0.05, 0.1) is 12.1 Å². The van der Waals surface area contributed by atoms with Crippen molar-refractivity contribution in [3.63, 3.8) is 0 Å². The molecule has 0 spiro atoms. The normalized spacial score (nSPS) is 32.3. The van der Waals surface area contributed by atoms with Crippen LogP contribution in [0.3, 0.4) is 0 Å². The number of rotatable bonds is 3. The smallest absolute Gasteiger partial charge is 0.243 e. The van der Waals surface area contributed by atoms with Crippen molar-refractivity contribution in [3.8, 4) is 0 Å². The second kappa shape index (κ2) is 5.28. The number of fused-ring (bicyclic) bond motifs is 1. The van der Waals surface area contributed by atoms with E-state index in [2.05, 4.69) is 4.72 Å². The Bertz CT molecular complexity index is 653. The summed E-state index contributed by atoms with van der Waals surface area (Å²) in [4.78, 5) is -0.588. The number of nitrogens with two attached hydrogens (primary N) is 1. The van der Waals surface area contributed by atoms with Gasteiger partial charge in [0.2, 0.25) is 10.0 Å². The lowest BCUT2D eigenvalue weighted by molar-refractivity contribution is -0.114. The first-order chi connectivity index (χ1) is 9.90. The summed E-state index contributed by atoms with van der Waals surface area (Å²) in [6.45, 7) is 0.566. The molecule has 1 aromatic carbocycles. The van der Waals surface area contributed by atoms with Crippen LogP contribution in [0.1, 0.15) is 12.8 Å². The van der Waals surface area contributed by atoms with E-state index in [-0.39, 0.29) is 18.1 Å². The molecule has 4 atom stereocenters. The fourth-order valence-corrected chi connectivity index (χ4v) is 4.37. The van der Waals surface area contributed by atoms with Crippen molar-refractivity contribution in [1.82, 2.24) is 4.72 Å². The van der Waals surface area contributed by atoms with Crippen molar-refractivity contribution in [3.05, 3.63) is 29.8 Å². The third-order valence-electron chi connectivity index (χ3n) is 4.15. The molecular weight excluding hydrogens is 302 g/mol. The minimum atomic E-state index is -4.10. The Morgan fingerprint density at radius 2 is 2.10 bits per heavy atom. The van der Waals surface area contributed by atoms with Crippen LogP contribution in [-0.2, 0) is 14.8 Å². The lowest BCUT2D eigenvalue weighted by Gasteiger charge is -2.52. The fraction of sp³-hybridized carbons (Fsp3) is 0.538. The Balaban J connectivity index is 1.80. The third kappa shape index (κ3) is 2.57. The second-order valence-electron chi connectivity index (χ2n) is 5.44. The molecule has 2 fully saturated rings. The Hall–Kier alpha value is -1.09. The number of ether oxygens (including phenoxy) is 1. The molecule has 0 bridgehead atoms. The van der Waals surface area contributed by atoms with E-state index in [1.165, 1.54) is 0 Å². The van der Waals surface area contributed by atoms with Crippen LogP contribution < -0.4 is 10.5 Å². The Morgan fingerprint density at radius 3 is 2.81 bits per heavy atom.